The molecule has 64 heavy (non-hydrogen) atoms. The molecule has 10 aromatic rings. The number of aromatic nitrogens is 3. The van der Waals surface area contributed by atoms with Crippen molar-refractivity contribution in [1.29, 1.82) is 0 Å². The van der Waals surface area contributed by atoms with Crippen LogP contribution < -0.4 is 0 Å². The summed E-state index contributed by atoms with van der Waals surface area (Å²) in [6.07, 6.45) is 1.91. The van der Waals surface area contributed by atoms with Crippen LogP contribution >= 0.6 is 0 Å². The van der Waals surface area contributed by atoms with Crippen LogP contribution in [0.25, 0.3) is 93.9 Å². The Bertz CT molecular complexity index is 3410. The second-order valence-electron chi connectivity index (χ2n) is 20.5. The first-order valence-electron chi connectivity index (χ1n) is 22.5. The fraction of sp³-hybridized carbons (Fsp3) is 0.200. The molecule has 0 aliphatic heterocycles. The van der Waals surface area contributed by atoms with Gasteiger partial charge in [0.05, 0.1) is 22.3 Å². The first-order chi connectivity index (χ1) is 30.5. The van der Waals surface area contributed by atoms with Crippen LogP contribution in [0.4, 0.5) is 0 Å². The highest BCUT2D eigenvalue weighted by atomic mass is 16.3. The molecule has 0 amide bonds. The number of rotatable bonds is 5. The van der Waals surface area contributed by atoms with Crippen molar-refractivity contribution in [3.05, 3.63) is 181 Å². The Morgan fingerprint density at radius 3 is 1.67 bits per heavy atom. The van der Waals surface area contributed by atoms with E-state index in [4.69, 9.17) is 9.97 Å². The summed E-state index contributed by atoms with van der Waals surface area (Å²) in [7, 11) is 0. The van der Waals surface area contributed by atoms with Gasteiger partial charge in [-0.15, -0.1) is 0 Å². The lowest BCUT2D eigenvalue weighted by Crippen LogP contribution is -2.17. The van der Waals surface area contributed by atoms with Crippen molar-refractivity contribution in [2.75, 3.05) is 0 Å². The predicted octanol–water partition coefficient (Wildman–Crippen LogP) is 16.1. The molecule has 0 atom stereocenters. The Morgan fingerprint density at radius 2 is 1.03 bits per heavy atom. The zero-order valence-corrected chi connectivity index (χ0v) is 38.4. The molecule has 0 aliphatic rings. The fourth-order valence-electron chi connectivity index (χ4n) is 9.38. The number of nitrogens with zero attached hydrogens (tertiary/aromatic N) is 3. The zero-order chi connectivity index (χ0) is 44.7. The van der Waals surface area contributed by atoms with E-state index >= 15 is 0 Å². The standard InChI is InChI=1S/C60H55N3O/c1-58(2,3)41-31-39(30-40(32-41)53-33-38(28-29-61-53)37-18-11-10-12-19-37)44-24-17-25-54-55(44)62-57(51-34-42(59(4,5)6)35-52(56(51)64)60(7,8)9)63(54)43-26-27-49-47-22-14-13-20-45(47)46-21-15-16-23-48(46)50(49)36-43/h10-36,64H,1-9H3. The van der Waals surface area contributed by atoms with Gasteiger partial charge in [0, 0.05) is 28.6 Å². The molecular weight excluding hydrogens is 779 g/mol. The molecule has 2 aromatic heterocycles. The first-order valence-corrected chi connectivity index (χ1v) is 22.5. The van der Waals surface area contributed by atoms with E-state index in [1.165, 1.54) is 37.9 Å². The van der Waals surface area contributed by atoms with Gasteiger partial charge >= 0.3 is 0 Å². The van der Waals surface area contributed by atoms with Crippen molar-refractivity contribution in [2.24, 2.45) is 0 Å². The number of fused-ring (bicyclic) bond motifs is 7. The van der Waals surface area contributed by atoms with E-state index in [1.54, 1.807) is 0 Å². The molecule has 2 heterocycles. The second kappa shape index (κ2) is 15.1. The van der Waals surface area contributed by atoms with Crippen LogP contribution in [0.5, 0.6) is 5.75 Å². The van der Waals surface area contributed by atoms with Crippen LogP contribution in [-0.2, 0) is 16.2 Å². The number of imidazole rings is 1. The normalized spacial score (nSPS) is 12.5. The van der Waals surface area contributed by atoms with E-state index in [0.29, 0.717) is 11.4 Å². The summed E-state index contributed by atoms with van der Waals surface area (Å²) in [4.78, 5) is 10.6. The van der Waals surface area contributed by atoms with Crippen LogP contribution in [-0.4, -0.2) is 19.6 Å². The van der Waals surface area contributed by atoms with Gasteiger partial charge in [0.25, 0.3) is 0 Å². The van der Waals surface area contributed by atoms with E-state index in [0.717, 1.165) is 61.4 Å². The number of pyridine rings is 1. The molecule has 0 radical (unpaired) electrons. The smallest absolute Gasteiger partial charge is 0.149 e. The minimum Gasteiger partial charge on any atom is -0.507 e. The molecule has 316 valence electrons. The Kier molecular flexibility index (Phi) is 9.64. The summed E-state index contributed by atoms with van der Waals surface area (Å²) in [6.45, 7) is 20.0. The average Bonchev–Trinajstić information content (AvgIpc) is 3.68. The molecule has 0 bridgehead atoms. The molecule has 0 spiro atoms. The molecule has 0 fully saturated rings. The van der Waals surface area contributed by atoms with Gasteiger partial charge in [0.1, 0.15) is 11.6 Å². The molecule has 1 N–H and O–H groups in total. The first kappa shape index (κ1) is 41.0. The monoisotopic (exact) mass is 833 g/mol. The van der Waals surface area contributed by atoms with Crippen molar-refractivity contribution in [1.82, 2.24) is 14.5 Å². The minimum absolute atomic E-state index is 0.138. The average molecular weight is 834 g/mol. The summed E-state index contributed by atoms with van der Waals surface area (Å²) in [5, 5.41) is 19.8. The third kappa shape index (κ3) is 7.12. The topological polar surface area (TPSA) is 50.9 Å². The van der Waals surface area contributed by atoms with Crippen molar-refractivity contribution in [3.63, 3.8) is 0 Å². The molecule has 0 saturated carbocycles. The molecule has 0 unspecified atom stereocenters. The zero-order valence-electron chi connectivity index (χ0n) is 38.4. The van der Waals surface area contributed by atoms with E-state index in [1.807, 2.05) is 12.3 Å². The van der Waals surface area contributed by atoms with Gasteiger partial charge in [-0.3, -0.25) is 9.55 Å². The maximum Gasteiger partial charge on any atom is 0.149 e. The summed E-state index contributed by atoms with van der Waals surface area (Å²) in [5.41, 5.74) is 12.5. The summed E-state index contributed by atoms with van der Waals surface area (Å²) in [6, 6.07) is 56.7. The number of phenolic OH excluding ortho intramolecular Hbond substituents is 1. The highest BCUT2D eigenvalue weighted by molar-refractivity contribution is 6.25. The third-order valence-corrected chi connectivity index (χ3v) is 13.0. The maximum absolute atomic E-state index is 12.5. The second-order valence-corrected chi connectivity index (χ2v) is 20.5. The number of phenols is 1. The van der Waals surface area contributed by atoms with Gasteiger partial charge < -0.3 is 5.11 Å². The fourth-order valence-corrected chi connectivity index (χ4v) is 9.38. The third-order valence-electron chi connectivity index (χ3n) is 13.0. The molecule has 0 saturated heterocycles. The lowest BCUT2D eigenvalue weighted by molar-refractivity contribution is 0.446. The van der Waals surface area contributed by atoms with E-state index < -0.39 is 0 Å². The number of hydrogen-bond donors (Lipinski definition) is 1. The van der Waals surface area contributed by atoms with Crippen molar-refractivity contribution < 1.29 is 5.11 Å². The number of aromatic hydroxyl groups is 1. The van der Waals surface area contributed by atoms with Crippen molar-refractivity contribution in [3.8, 4) is 56.3 Å². The molecule has 8 aromatic carbocycles. The highest BCUT2D eigenvalue weighted by Gasteiger charge is 2.29. The highest BCUT2D eigenvalue weighted by Crippen LogP contribution is 2.46. The van der Waals surface area contributed by atoms with Crippen molar-refractivity contribution in [2.45, 2.75) is 78.6 Å². The largest absolute Gasteiger partial charge is 0.507 e. The Hall–Kier alpha value is -7.04. The van der Waals surface area contributed by atoms with Gasteiger partial charge in [-0.25, -0.2) is 4.98 Å². The number of benzene rings is 8. The Morgan fingerprint density at radius 1 is 0.438 bits per heavy atom. The molecule has 0 aliphatic carbocycles. The van der Waals surface area contributed by atoms with Gasteiger partial charge in [-0.2, -0.15) is 0 Å². The predicted molar refractivity (Wildman–Crippen MR) is 271 cm³/mol. The lowest BCUT2D eigenvalue weighted by atomic mass is 9.79. The Balaban J connectivity index is 1.28. The molecular formula is C60H55N3O. The van der Waals surface area contributed by atoms with Crippen LogP contribution in [0.1, 0.15) is 79.0 Å². The van der Waals surface area contributed by atoms with E-state index in [-0.39, 0.29) is 22.0 Å². The Labute approximate surface area is 376 Å². The van der Waals surface area contributed by atoms with Gasteiger partial charge in [-0.1, -0.05) is 172 Å². The quantitative estimate of drug-likeness (QED) is 0.176. The molecule has 4 heteroatoms. The van der Waals surface area contributed by atoms with Crippen LogP contribution in [0.3, 0.4) is 0 Å². The van der Waals surface area contributed by atoms with Gasteiger partial charge in [0.15, 0.2) is 0 Å². The number of hydrogen-bond acceptors (Lipinski definition) is 3. The van der Waals surface area contributed by atoms with E-state index in [2.05, 4.69) is 219 Å². The van der Waals surface area contributed by atoms with Crippen LogP contribution in [0.2, 0.25) is 0 Å². The van der Waals surface area contributed by atoms with E-state index in [9.17, 15) is 5.11 Å². The van der Waals surface area contributed by atoms with Gasteiger partial charge in [0.2, 0.25) is 0 Å². The van der Waals surface area contributed by atoms with Crippen LogP contribution in [0, 0.1) is 0 Å². The molecule has 4 nitrogen and oxygen atoms in total. The van der Waals surface area contributed by atoms with Crippen molar-refractivity contribution >= 4 is 43.4 Å². The molecule has 10 rings (SSSR count). The van der Waals surface area contributed by atoms with Crippen LogP contribution in [0.15, 0.2) is 164 Å². The summed E-state index contributed by atoms with van der Waals surface area (Å²) >= 11 is 0. The minimum atomic E-state index is -0.319. The summed E-state index contributed by atoms with van der Waals surface area (Å²) in [5.74, 6) is 0.961. The SMILES string of the molecule is CC(C)(C)c1cc(-c2cc(-c3ccccc3)ccn2)cc(-c2cccc3c2nc(-c2cc(C(C)(C)C)cc(C(C)(C)C)c2O)n3-c2ccc3c4ccccc4c4ccccc4c3c2)c1. The maximum atomic E-state index is 12.5. The number of para-hydroxylation sites is 1. The lowest BCUT2D eigenvalue weighted by Gasteiger charge is -2.27. The summed E-state index contributed by atoms with van der Waals surface area (Å²) < 4.78 is 2.27. The van der Waals surface area contributed by atoms with Gasteiger partial charge in [-0.05, 0) is 125 Å².